The van der Waals surface area contributed by atoms with Crippen molar-refractivity contribution in [2.75, 3.05) is 36.9 Å². The van der Waals surface area contributed by atoms with Gasteiger partial charge in [0, 0.05) is 31.5 Å². The van der Waals surface area contributed by atoms with E-state index in [1.807, 2.05) is 13.0 Å². The minimum Gasteiger partial charge on any atom is -0.389 e. The predicted molar refractivity (Wildman–Crippen MR) is 90.6 cm³/mol. The molecule has 5 nitrogen and oxygen atoms in total. The monoisotopic (exact) mass is 305 g/mol. The summed E-state index contributed by atoms with van der Waals surface area (Å²) < 4.78 is 0. The molecule has 5 heteroatoms. The molecule has 1 saturated heterocycles. The molecule has 1 aliphatic heterocycles. The topological polar surface area (TPSA) is 55.8 Å². The van der Waals surface area contributed by atoms with Gasteiger partial charge in [-0.1, -0.05) is 0 Å². The summed E-state index contributed by atoms with van der Waals surface area (Å²) in [5, 5.41) is 12.7. The highest BCUT2D eigenvalue weighted by atomic mass is 16.3. The third-order valence-electron chi connectivity index (χ3n) is 3.89. The number of anilines is 2. The van der Waals surface area contributed by atoms with Crippen molar-refractivity contribution in [1.82, 2.24) is 4.90 Å². The number of carbonyl (C=O) groups is 1. The lowest BCUT2D eigenvalue weighted by molar-refractivity contribution is 0.0550. The van der Waals surface area contributed by atoms with E-state index in [0.717, 1.165) is 24.3 Å². The summed E-state index contributed by atoms with van der Waals surface area (Å²) in [5.41, 5.74) is 2.18. The number of benzene rings is 1. The molecule has 2 rings (SSSR count). The lowest BCUT2D eigenvalue weighted by Gasteiger charge is -2.26. The van der Waals surface area contributed by atoms with Crippen LogP contribution in [0.5, 0.6) is 0 Å². The van der Waals surface area contributed by atoms with Crippen molar-refractivity contribution in [3.05, 3.63) is 23.8 Å². The first-order chi connectivity index (χ1) is 10.3. The highest BCUT2D eigenvalue weighted by Crippen LogP contribution is 2.25. The van der Waals surface area contributed by atoms with Crippen LogP contribution in [0.4, 0.5) is 16.2 Å². The summed E-state index contributed by atoms with van der Waals surface area (Å²) in [6, 6.07) is 5.93. The molecular weight excluding hydrogens is 278 g/mol. The van der Waals surface area contributed by atoms with Crippen LogP contribution in [0.1, 0.15) is 32.3 Å². The zero-order valence-electron chi connectivity index (χ0n) is 14.0. The number of likely N-dealkylation sites (N-methyl/N-ethyl adjacent to an activating group) is 1. The smallest absolute Gasteiger partial charge is 0.321 e. The van der Waals surface area contributed by atoms with E-state index in [1.165, 1.54) is 23.4 Å². The summed E-state index contributed by atoms with van der Waals surface area (Å²) >= 11 is 0. The van der Waals surface area contributed by atoms with Crippen molar-refractivity contribution >= 4 is 17.4 Å². The summed E-state index contributed by atoms with van der Waals surface area (Å²) in [7, 11) is 1.68. The minimum absolute atomic E-state index is 0.209. The van der Waals surface area contributed by atoms with Crippen molar-refractivity contribution in [1.29, 1.82) is 0 Å². The fraction of sp³-hybridized carbons (Fsp3) is 0.588. The Morgan fingerprint density at radius 3 is 2.55 bits per heavy atom. The summed E-state index contributed by atoms with van der Waals surface area (Å²) in [5.74, 6) is 0. The average molecular weight is 305 g/mol. The molecule has 1 heterocycles. The molecule has 2 amide bonds. The molecule has 0 bridgehead atoms. The number of rotatable bonds is 4. The van der Waals surface area contributed by atoms with Crippen molar-refractivity contribution in [2.24, 2.45) is 0 Å². The highest BCUT2D eigenvalue weighted by Gasteiger charge is 2.20. The third kappa shape index (κ3) is 4.37. The van der Waals surface area contributed by atoms with Crippen LogP contribution < -0.4 is 10.2 Å². The predicted octanol–water partition coefficient (Wildman–Crippen LogP) is 2.83. The molecule has 0 unspecified atom stereocenters. The van der Waals surface area contributed by atoms with Gasteiger partial charge in [0.1, 0.15) is 0 Å². The number of aryl methyl sites for hydroxylation is 1. The van der Waals surface area contributed by atoms with Crippen LogP contribution in [-0.4, -0.2) is 48.3 Å². The lowest BCUT2D eigenvalue weighted by Crippen LogP contribution is -2.41. The van der Waals surface area contributed by atoms with Crippen LogP contribution >= 0.6 is 0 Å². The molecule has 0 saturated carbocycles. The van der Waals surface area contributed by atoms with Crippen LogP contribution in [0.2, 0.25) is 0 Å². The van der Waals surface area contributed by atoms with Crippen LogP contribution in [0.15, 0.2) is 18.2 Å². The number of aliphatic hydroxyl groups is 1. The van der Waals surface area contributed by atoms with Crippen LogP contribution in [-0.2, 0) is 0 Å². The highest BCUT2D eigenvalue weighted by molar-refractivity contribution is 5.90. The molecule has 0 radical (unpaired) electrons. The number of nitrogens with zero attached hydrogens (tertiary/aromatic N) is 2. The zero-order chi connectivity index (χ0) is 16.3. The molecule has 1 aromatic carbocycles. The van der Waals surface area contributed by atoms with Gasteiger partial charge in [-0.05, 0) is 57.4 Å². The Balaban J connectivity index is 2.02. The number of amides is 2. The standard InChI is InChI=1S/C17H27N3O2/c1-13-11-14(20-9-5-6-10-20)7-8-15(13)18-16(21)19(4)12-17(2,3)22/h7-8,11,22H,5-6,9-10,12H2,1-4H3,(H,18,21). The van der Waals surface area contributed by atoms with Gasteiger partial charge in [0.15, 0.2) is 0 Å². The van der Waals surface area contributed by atoms with E-state index < -0.39 is 5.60 Å². The first-order valence-corrected chi connectivity index (χ1v) is 7.86. The number of carbonyl (C=O) groups excluding carboxylic acids is 1. The van der Waals surface area contributed by atoms with Crippen molar-refractivity contribution in [3.8, 4) is 0 Å². The van der Waals surface area contributed by atoms with Gasteiger partial charge in [-0.2, -0.15) is 0 Å². The van der Waals surface area contributed by atoms with Gasteiger partial charge >= 0.3 is 6.03 Å². The van der Waals surface area contributed by atoms with E-state index in [2.05, 4.69) is 22.3 Å². The molecule has 22 heavy (non-hydrogen) atoms. The Hall–Kier alpha value is -1.75. The van der Waals surface area contributed by atoms with Gasteiger partial charge in [-0.15, -0.1) is 0 Å². The molecule has 0 atom stereocenters. The quantitative estimate of drug-likeness (QED) is 0.899. The third-order valence-corrected chi connectivity index (χ3v) is 3.89. The molecule has 0 spiro atoms. The van der Waals surface area contributed by atoms with E-state index in [1.54, 1.807) is 20.9 Å². The molecular formula is C17H27N3O2. The Morgan fingerprint density at radius 2 is 2.00 bits per heavy atom. The van der Waals surface area contributed by atoms with E-state index in [0.29, 0.717) is 0 Å². The van der Waals surface area contributed by atoms with Crippen molar-refractivity contribution < 1.29 is 9.90 Å². The normalized spacial score (nSPS) is 15.0. The van der Waals surface area contributed by atoms with E-state index in [9.17, 15) is 9.90 Å². The van der Waals surface area contributed by atoms with Gasteiger partial charge in [0.2, 0.25) is 0 Å². The molecule has 1 aromatic rings. The minimum atomic E-state index is -0.902. The number of hydrogen-bond acceptors (Lipinski definition) is 3. The average Bonchev–Trinajstić information content (AvgIpc) is 2.93. The van der Waals surface area contributed by atoms with E-state index in [-0.39, 0.29) is 12.6 Å². The van der Waals surface area contributed by atoms with Crippen LogP contribution in [0, 0.1) is 6.92 Å². The maximum absolute atomic E-state index is 12.2. The van der Waals surface area contributed by atoms with Crippen molar-refractivity contribution in [3.63, 3.8) is 0 Å². The molecule has 2 N–H and O–H groups in total. The first kappa shape index (κ1) is 16.6. The molecule has 1 aliphatic rings. The molecule has 1 fully saturated rings. The Kier molecular flexibility index (Phi) is 4.96. The van der Waals surface area contributed by atoms with E-state index in [4.69, 9.17) is 0 Å². The van der Waals surface area contributed by atoms with Crippen LogP contribution in [0.3, 0.4) is 0 Å². The fourth-order valence-corrected chi connectivity index (χ4v) is 2.82. The Bertz CT molecular complexity index is 531. The second-order valence-electron chi connectivity index (χ2n) is 6.79. The van der Waals surface area contributed by atoms with Crippen molar-refractivity contribution in [2.45, 2.75) is 39.2 Å². The van der Waals surface area contributed by atoms with Crippen LogP contribution in [0.25, 0.3) is 0 Å². The largest absolute Gasteiger partial charge is 0.389 e. The maximum atomic E-state index is 12.2. The molecule has 122 valence electrons. The first-order valence-electron chi connectivity index (χ1n) is 7.86. The lowest BCUT2D eigenvalue weighted by atomic mass is 10.1. The van der Waals surface area contributed by atoms with Gasteiger partial charge in [-0.3, -0.25) is 0 Å². The molecule has 0 aliphatic carbocycles. The zero-order valence-corrected chi connectivity index (χ0v) is 14.0. The summed E-state index contributed by atoms with van der Waals surface area (Å²) in [4.78, 5) is 16.0. The number of nitrogens with one attached hydrogen (secondary N) is 1. The summed E-state index contributed by atoms with van der Waals surface area (Å²) in [6.07, 6.45) is 2.50. The second-order valence-corrected chi connectivity index (χ2v) is 6.79. The summed E-state index contributed by atoms with van der Waals surface area (Å²) in [6.45, 7) is 7.88. The van der Waals surface area contributed by atoms with Gasteiger partial charge in [-0.25, -0.2) is 4.79 Å². The SMILES string of the molecule is Cc1cc(N2CCCC2)ccc1NC(=O)N(C)CC(C)(C)O. The number of hydrogen-bond donors (Lipinski definition) is 2. The van der Waals surface area contributed by atoms with Gasteiger partial charge in [0.25, 0.3) is 0 Å². The Labute approximate surface area is 132 Å². The molecule has 0 aromatic heterocycles. The van der Waals surface area contributed by atoms with Gasteiger partial charge < -0.3 is 20.2 Å². The second kappa shape index (κ2) is 6.57. The van der Waals surface area contributed by atoms with E-state index >= 15 is 0 Å². The maximum Gasteiger partial charge on any atom is 0.321 e. The van der Waals surface area contributed by atoms with Gasteiger partial charge in [0.05, 0.1) is 12.1 Å². The number of urea groups is 1. The Morgan fingerprint density at radius 1 is 1.36 bits per heavy atom. The fourth-order valence-electron chi connectivity index (χ4n) is 2.82.